The Balaban J connectivity index is 3.37. The van der Waals surface area contributed by atoms with Crippen LogP contribution in [0.4, 0.5) is 0 Å². The van der Waals surface area contributed by atoms with Gasteiger partial charge >= 0.3 is 0 Å². The van der Waals surface area contributed by atoms with Crippen molar-refractivity contribution in [3.63, 3.8) is 0 Å². The van der Waals surface area contributed by atoms with Crippen LogP contribution in [0, 0.1) is 0 Å². The van der Waals surface area contributed by atoms with Gasteiger partial charge in [-0.25, -0.2) is 0 Å². The lowest BCUT2D eigenvalue weighted by atomic mass is 10.3. The van der Waals surface area contributed by atoms with Crippen LogP contribution >= 0.6 is 0 Å². The van der Waals surface area contributed by atoms with Gasteiger partial charge in [0.2, 0.25) is 0 Å². The van der Waals surface area contributed by atoms with Gasteiger partial charge in [0.25, 0.3) is 0 Å². The molecule has 58 valence electrons. The molecule has 0 rings (SSSR count). The zero-order valence-electron chi connectivity index (χ0n) is 7.05. The lowest BCUT2D eigenvalue weighted by Gasteiger charge is -1.92. The average Bonchev–Trinajstić information content (AvgIpc) is 1.98. The van der Waals surface area contributed by atoms with Crippen LogP contribution in [0.15, 0.2) is 23.8 Å². The first-order chi connectivity index (χ1) is 4.81. The molecule has 0 aliphatic carbocycles. The third-order valence-corrected chi connectivity index (χ3v) is 1.25. The minimum absolute atomic E-state index is 0.724. The second-order valence-electron chi connectivity index (χ2n) is 2.09. The van der Waals surface area contributed by atoms with E-state index in [-0.39, 0.29) is 0 Å². The van der Waals surface area contributed by atoms with Crippen molar-refractivity contribution in [2.45, 2.75) is 20.8 Å². The number of hydrogen-bond acceptors (Lipinski definition) is 1. The number of ether oxygens (including phenoxy) is 1. The van der Waals surface area contributed by atoms with E-state index in [9.17, 15) is 0 Å². The molecule has 0 fully saturated rings. The van der Waals surface area contributed by atoms with Crippen LogP contribution in [0.25, 0.3) is 0 Å². The quantitative estimate of drug-likeness (QED) is 0.430. The third kappa shape index (κ3) is 5.57. The van der Waals surface area contributed by atoms with Gasteiger partial charge in [-0.05, 0) is 20.8 Å². The molecular weight excluding hydrogens is 124 g/mol. The largest absolute Gasteiger partial charge is 0.378 e. The highest BCUT2D eigenvalue weighted by Crippen LogP contribution is 1.92. The van der Waals surface area contributed by atoms with Crippen molar-refractivity contribution in [2.75, 3.05) is 13.2 Å². The molecule has 1 heteroatoms. The second-order valence-corrected chi connectivity index (χ2v) is 2.09. The molecule has 10 heavy (non-hydrogen) atoms. The Morgan fingerprint density at radius 1 is 1.50 bits per heavy atom. The highest BCUT2D eigenvalue weighted by atomic mass is 16.5. The molecule has 0 saturated carbocycles. The van der Waals surface area contributed by atoms with Gasteiger partial charge in [-0.15, -0.1) is 0 Å². The Kier molecular flexibility index (Phi) is 6.19. The summed E-state index contributed by atoms with van der Waals surface area (Å²) in [5.41, 5.74) is 1.28. The van der Waals surface area contributed by atoms with Gasteiger partial charge in [-0.3, -0.25) is 0 Å². The summed E-state index contributed by atoms with van der Waals surface area (Å²) in [7, 11) is 0. The van der Waals surface area contributed by atoms with E-state index in [0.29, 0.717) is 0 Å². The average molecular weight is 140 g/mol. The first kappa shape index (κ1) is 9.44. The molecular formula is C9H16O. The van der Waals surface area contributed by atoms with Gasteiger partial charge in [-0.1, -0.05) is 23.8 Å². The summed E-state index contributed by atoms with van der Waals surface area (Å²) in [6.07, 6.45) is 6.16. The van der Waals surface area contributed by atoms with Crippen molar-refractivity contribution in [1.29, 1.82) is 0 Å². The molecule has 0 heterocycles. The van der Waals surface area contributed by atoms with E-state index < -0.39 is 0 Å². The Morgan fingerprint density at radius 3 is 2.70 bits per heavy atom. The van der Waals surface area contributed by atoms with Crippen molar-refractivity contribution >= 4 is 0 Å². The van der Waals surface area contributed by atoms with Gasteiger partial charge in [0.15, 0.2) is 0 Å². The fourth-order valence-corrected chi connectivity index (χ4v) is 0.516. The normalized spacial score (nSPS) is 12.9. The molecule has 0 saturated heterocycles. The van der Waals surface area contributed by atoms with E-state index >= 15 is 0 Å². The summed E-state index contributed by atoms with van der Waals surface area (Å²) in [5.74, 6) is 0. The number of hydrogen-bond donors (Lipinski definition) is 0. The Bertz CT molecular complexity index is 123. The maximum absolute atomic E-state index is 5.11. The Morgan fingerprint density at radius 2 is 2.20 bits per heavy atom. The molecule has 0 atom stereocenters. The van der Waals surface area contributed by atoms with Crippen molar-refractivity contribution in [3.8, 4) is 0 Å². The van der Waals surface area contributed by atoms with Crippen LogP contribution in [-0.2, 0) is 4.74 Å². The van der Waals surface area contributed by atoms with Crippen LogP contribution in [0.2, 0.25) is 0 Å². The van der Waals surface area contributed by atoms with E-state index in [2.05, 4.69) is 19.1 Å². The highest BCUT2D eigenvalue weighted by molar-refractivity contribution is 5.14. The molecule has 1 nitrogen and oxygen atoms in total. The minimum atomic E-state index is 0.724. The molecule has 0 aromatic heterocycles. The summed E-state index contributed by atoms with van der Waals surface area (Å²) in [4.78, 5) is 0. The van der Waals surface area contributed by atoms with E-state index in [0.717, 1.165) is 13.2 Å². The standard InChI is InChI=1S/C9H16O/c1-4-9(3)7-6-8-10-5-2/h4,6-7H,5,8H2,1-3H3/b7-6-,9-4-. The zero-order chi connectivity index (χ0) is 7.82. The van der Waals surface area contributed by atoms with E-state index in [1.165, 1.54) is 5.57 Å². The predicted molar refractivity (Wildman–Crippen MR) is 45.1 cm³/mol. The second kappa shape index (κ2) is 6.56. The van der Waals surface area contributed by atoms with Crippen LogP contribution in [0.5, 0.6) is 0 Å². The van der Waals surface area contributed by atoms with Crippen LogP contribution < -0.4 is 0 Å². The van der Waals surface area contributed by atoms with Gasteiger partial charge in [0.05, 0.1) is 6.61 Å². The number of rotatable bonds is 4. The smallest absolute Gasteiger partial charge is 0.0650 e. The molecule has 0 aliphatic rings. The summed E-state index contributed by atoms with van der Waals surface area (Å²) in [6, 6.07) is 0. The Hall–Kier alpha value is -0.560. The fraction of sp³-hybridized carbons (Fsp3) is 0.556. The molecule has 0 N–H and O–H groups in total. The summed E-state index contributed by atoms with van der Waals surface area (Å²) < 4.78 is 5.11. The topological polar surface area (TPSA) is 9.23 Å². The SMILES string of the molecule is C/C=C(C)\C=C/COCC. The van der Waals surface area contributed by atoms with Crippen molar-refractivity contribution in [2.24, 2.45) is 0 Å². The molecule has 0 aromatic rings. The first-order valence-corrected chi connectivity index (χ1v) is 3.68. The highest BCUT2D eigenvalue weighted by Gasteiger charge is 1.77. The minimum Gasteiger partial charge on any atom is -0.378 e. The molecule has 0 bridgehead atoms. The van der Waals surface area contributed by atoms with E-state index in [1.807, 2.05) is 19.9 Å². The first-order valence-electron chi connectivity index (χ1n) is 3.68. The lowest BCUT2D eigenvalue weighted by Crippen LogP contribution is -1.87. The summed E-state index contributed by atoms with van der Waals surface area (Å²) >= 11 is 0. The monoisotopic (exact) mass is 140 g/mol. The van der Waals surface area contributed by atoms with Gasteiger partial charge in [-0.2, -0.15) is 0 Å². The molecule has 0 spiro atoms. The predicted octanol–water partition coefficient (Wildman–Crippen LogP) is 2.55. The van der Waals surface area contributed by atoms with Gasteiger partial charge < -0.3 is 4.74 Å². The molecule has 0 unspecified atom stereocenters. The summed E-state index contributed by atoms with van der Waals surface area (Å²) in [5, 5.41) is 0. The molecule has 0 amide bonds. The fourth-order valence-electron chi connectivity index (χ4n) is 0.516. The van der Waals surface area contributed by atoms with Crippen LogP contribution in [0.3, 0.4) is 0 Å². The number of allylic oxidation sites excluding steroid dienone is 3. The van der Waals surface area contributed by atoms with Crippen molar-refractivity contribution in [3.05, 3.63) is 23.8 Å². The molecule has 0 aromatic carbocycles. The van der Waals surface area contributed by atoms with Crippen LogP contribution in [0.1, 0.15) is 20.8 Å². The molecule has 0 aliphatic heterocycles. The molecule has 0 radical (unpaired) electrons. The van der Waals surface area contributed by atoms with Crippen LogP contribution in [-0.4, -0.2) is 13.2 Å². The van der Waals surface area contributed by atoms with E-state index in [4.69, 9.17) is 4.74 Å². The van der Waals surface area contributed by atoms with Gasteiger partial charge in [0.1, 0.15) is 0 Å². The van der Waals surface area contributed by atoms with E-state index in [1.54, 1.807) is 0 Å². The lowest BCUT2D eigenvalue weighted by molar-refractivity contribution is 0.177. The van der Waals surface area contributed by atoms with Gasteiger partial charge in [0, 0.05) is 6.61 Å². The summed E-state index contributed by atoms with van der Waals surface area (Å²) in [6.45, 7) is 7.61. The maximum Gasteiger partial charge on any atom is 0.0650 e. The Labute approximate surface area is 63.4 Å². The zero-order valence-corrected chi connectivity index (χ0v) is 7.05. The maximum atomic E-state index is 5.11. The van der Waals surface area contributed by atoms with Crippen molar-refractivity contribution in [1.82, 2.24) is 0 Å². The third-order valence-electron chi connectivity index (χ3n) is 1.25. The van der Waals surface area contributed by atoms with Crippen molar-refractivity contribution < 1.29 is 4.74 Å².